The maximum Gasteiger partial charge on any atom is 0.119 e. The Hall–Kier alpha value is -0.770. The molecule has 4 heteroatoms. The zero-order chi connectivity index (χ0) is 13.0. The standard InChI is InChI=1S/C14H20ClNO2/c1-10-7-12(3-4-13(10)15)18-9-14(16-2)11-5-6-17-8-11/h3-4,7,11,14,16H,5-6,8-9H2,1-2H3. The third kappa shape index (κ3) is 3.37. The molecule has 1 saturated heterocycles. The summed E-state index contributed by atoms with van der Waals surface area (Å²) >= 11 is 5.99. The van der Waals surface area contributed by atoms with Gasteiger partial charge in [0.1, 0.15) is 12.4 Å². The summed E-state index contributed by atoms with van der Waals surface area (Å²) < 4.78 is 11.2. The van der Waals surface area contributed by atoms with Crippen LogP contribution in [0.2, 0.25) is 5.02 Å². The minimum Gasteiger partial charge on any atom is -0.492 e. The van der Waals surface area contributed by atoms with Crippen molar-refractivity contribution in [2.24, 2.45) is 5.92 Å². The molecule has 2 unspecified atom stereocenters. The molecule has 1 fully saturated rings. The molecule has 0 aromatic heterocycles. The predicted molar refractivity (Wildman–Crippen MR) is 73.5 cm³/mol. The first-order valence-electron chi connectivity index (χ1n) is 6.34. The van der Waals surface area contributed by atoms with Crippen LogP contribution in [0.15, 0.2) is 18.2 Å². The molecule has 1 aromatic rings. The van der Waals surface area contributed by atoms with Gasteiger partial charge in [0.25, 0.3) is 0 Å². The van der Waals surface area contributed by atoms with Gasteiger partial charge in [-0.05, 0) is 44.2 Å². The third-order valence-electron chi connectivity index (χ3n) is 3.46. The minimum atomic E-state index is 0.337. The second-order valence-corrected chi connectivity index (χ2v) is 5.15. The van der Waals surface area contributed by atoms with Crippen molar-refractivity contribution in [3.8, 4) is 5.75 Å². The molecule has 100 valence electrons. The molecule has 0 amide bonds. The van der Waals surface area contributed by atoms with Crippen LogP contribution in [0, 0.1) is 12.8 Å². The fourth-order valence-electron chi connectivity index (χ4n) is 2.22. The van der Waals surface area contributed by atoms with E-state index in [1.807, 2.05) is 32.2 Å². The number of ether oxygens (including phenoxy) is 2. The number of hydrogen-bond donors (Lipinski definition) is 1. The lowest BCUT2D eigenvalue weighted by molar-refractivity contribution is 0.162. The van der Waals surface area contributed by atoms with Crippen molar-refractivity contribution in [3.05, 3.63) is 28.8 Å². The number of aryl methyl sites for hydroxylation is 1. The molecule has 0 bridgehead atoms. The molecule has 2 atom stereocenters. The van der Waals surface area contributed by atoms with Crippen LogP contribution < -0.4 is 10.1 Å². The summed E-state index contributed by atoms with van der Waals surface area (Å²) in [6, 6.07) is 6.09. The van der Waals surface area contributed by atoms with E-state index in [0.717, 1.165) is 36.0 Å². The summed E-state index contributed by atoms with van der Waals surface area (Å²) in [4.78, 5) is 0. The molecule has 1 N–H and O–H groups in total. The Labute approximate surface area is 113 Å². The van der Waals surface area contributed by atoms with Gasteiger partial charge >= 0.3 is 0 Å². The maximum atomic E-state index is 5.99. The smallest absolute Gasteiger partial charge is 0.119 e. The van der Waals surface area contributed by atoms with Crippen LogP contribution in [0.3, 0.4) is 0 Å². The highest BCUT2D eigenvalue weighted by molar-refractivity contribution is 6.31. The van der Waals surface area contributed by atoms with Crippen molar-refractivity contribution >= 4 is 11.6 Å². The molecule has 1 aromatic carbocycles. The number of rotatable bonds is 5. The van der Waals surface area contributed by atoms with Crippen molar-refractivity contribution in [2.45, 2.75) is 19.4 Å². The molecule has 0 saturated carbocycles. The molecule has 0 spiro atoms. The Morgan fingerprint density at radius 1 is 1.56 bits per heavy atom. The number of halogens is 1. The van der Waals surface area contributed by atoms with E-state index >= 15 is 0 Å². The first-order valence-corrected chi connectivity index (χ1v) is 6.72. The Morgan fingerprint density at radius 2 is 2.39 bits per heavy atom. The van der Waals surface area contributed by atoms with E-state index in [1.165, 1.54) is 0 Å². The zero-order valence-electron chi connectivity index (χ0n) is 10.9. The van der Waals surface area contributed by atoms with Gasteiger partial charge in [0.2, 0.25) is 0 Å². The van der Waals surface area contributed by atoms with Gasteiger partial charge in [0.15, 0.2) is 0 Å². The summed E-state index contributed by atoms with van der Waals surface area (Å²) in [5, 5.41) is 4.08. The Morgan fingerprint density at radius 3 is 3.00 bits per heavy atom. The molecule has 3 nitrogen and oxygen atoms in total. The quantitative estimate of drug-likeness (QED) is 0.891. The lowest BCUT2D eigenvalue weighted by Crippen LogP contribution is -2.39. The maximum absolute atomic E-state index is 5.99. The molecule has 1 aliphatic heterocycles. The van der Waals surface area contributed by atoms with Gasteiger partial charge in [-0.1, -0.05) is 11.6 Å². The van der Waals surface area contributed by atoms with Gasteiger partial charge in [-0.25, -0.2) is 0 Å². The van der Waals surface area contributed by atoms with Crippen LogP contribution in [0.1, 0.15) is 12.0 Å². The van der Waals surface area contributed by atoms with Crippen LogP contribution >= 0.6 is 11.6 Å². The number of hydrogen-bond acceptors (Lipinski definition) is 3. The molecule has 1 heterocycles. The largest absolute Gasteiger partial charge is 0.492 e. The third-order valence-corrected chi connectivity index (χ3v) is 3.89. The highest BCUT2D eigenvalue weighted by Crippen LogP contribution is 2.22. The van der Waals surface area contributed by atoms with Crippen molar-refractivity contribution in [1.82, 2.24) is 5.32 Å². The van der Waals surface area contributed by atoms with E-state index in [-0.39, 0.29) is 0 Å². The Balaban J connectivity index is 1.90. The van der Waals surface area contributed by atoms with Crippen molar-refractivity contribution < 1.29 is 9.47 Å². The Bertz CT molecular complexity index is 391. The molecule has 2 rings (SSSR count). The van der Waals surface area contributed by atoms with Crippen LogP contribution in [0.25, 0.3) is 0 Å². The van der Waals surface area contributed by atoms with Gasteiger partial charge in [-0.3, -0.25) is 0 Å². The highest BCUT2D eigenvalue weighted by atomic mass is 35.5. The van der Waals surface area contributed by atoms with Gasteiger partial charge in [0, 0.05) is 23.6 Å². The summed E-state index contributed by atoms with van der Waals surface area (Å²) in [5.41, 5.74) is 1.04. The molecular formula is C14H20ClNO2. The van der Waals surface area contributed by atoms with Crippen LogP contribution in [-0.4, -0.2) is 32.9 Å². The summed E-state index contributed by atoms with van der Waals surface area (Å²) in [6.45, 7) is 4.33. The van der Waals surface area contributed by atoms with Gasteiger partial charge < -0.3 is 14.8 Å². The second-order valence-electron chi connectivity index (χ2n) is 4.74. The molecule has 0 aliphatic carbocycles. The fourth-order valence-corrected chi connectivity index (χ4v) is 2.34. The average Bonchev–Trinajstić information content (AvgIpc) is 2.88. The number of likely N-dealkylation sites (N-methyl/N-ethyl adjacent to an activating group) is 1. The average molecular weight is 270 g/mol. The monoisotopic (exact) mass is 269 g/mol. The zero-order valence-corrected chi connectivity index (χ0v) is 11.7. The van der Waals surface area contributed by atoms with Gasteiger partial charge in [-0.15, -0.1) is 0 Å². The Kier molecular flexibility index (Phi) is 4.87. The first kappa shape index (κ1) is 13.7. The van der Waals surface area contributed by atoms with Crippen molar-refractivity contribution in [3.63, 3.8) is 0 Å². The van der Waals surface area contributed by atoms with Gasteiger partial charge in [0.05, 0.1) is 6.61 Å². The van der Waals surface area contributed by atoms with E-state index in [4.69, 9.17) is 21.1 Å². The minimum absolute atomic E-state index is 0.337. The molecule has 0 radical (unpaired) electrons. The van der Waals surface area contributed by atoms with Crippen LogP contribution in [0.4, 0.5) is 0 Å². The van der Waals surface area contributed by atoms with Crippen LogP contribution in [0.5, 0.6) is 5.75 Å². The van der Waals surface area contributed by atoms with Gasteiger partial charge in [-0.2, -0.15) is 0 Å². The summed E-state index contributed by atoms with van der Waals surface area (Å²) in [6.07, 6.45) is 1.11. The molecular weight excluding hydrogens is 250 g/mol. The topological polar surface area (TPSA) is 30.5 Å². The van der Waals surface area contributed by atoms with E-state index in [1.54, 1.807) is 0 Å². The van der Waals surface area contributed by atoms with E-state index in [2.05, 4.69) is 5.32 Å². The second kappa shape index (κ2) is 6.41. The SMILES string of the molecule is CNC(COc1ccc(Cl)c(C)c1)C1CCOC1. The molecule has 1 aliphatic rings. The molecule has 18 heavy (non-hydrogen) atoms. The first-order chi connectivity index (χ1) is 8.70. The number of benzene rings is 1. The van der Waals surface area contributed by atoms with Crippen molar-refractivity contribution in [1.29, 1.82) is 0 Å². The number of nitrogens with one attached hydrogen (secondary N) is 1. The lowest BCUT2D eigenvalue weighted by Gasteiger charge is -2.22. The lowest BCUT2D eigenvalue weighted by atomic mass is 10.00. The van der Waals surface area contributed by atoms with E-state index < -0.39 is 0 Å². The van der Waals surface area contributed by atoms with Crippen LogP contribution in [-0.2, 0) is 4.74 Å². The van der Waals surface area contributed by atoms with E-state index in [9.17, 15) is 0 Å². The fraction of sp³-hybridized carbons (Fsp3) is 0.571. The van der Waals surface area contributed by atoms with E-state index in [0.29, 0.717) is 18.6 Å². The summed E-state index contributed by atoms with van der Waals surface area (Å²) in [5.74, 6) is 1.42. The van der Waals surface area contributed by atoms with Crippen molar-refractivity contribution in [2.75, 3.05) is 26.9 Å². The highest BCUT2D eigenvalue weighted by Gasteiger charge is 2.24. The normalized spacial score (nSPS) is 20.9. The predicted octanol–water partition coefficient (Wildman–Crippen LogP) is 2.65. The summed E-state index contributed by atoms with van der Waals surface area (Å²) in [7, 11) is 1.97.